The van der Waals surface area contributed by atoms with E-state index in [1.165, 1.54) is 18.3 Å². The maximum Gasteiger partial charge on any atom is 0.272 e. The van der Waals surface area contributed by atoms with Gasteiger partial charge in [-0.15, -0.1) is 0 Å². The average Bonchev–Trinajstić information content (AvgIpc) is 2.65. The standard InChI is InChI=1S/C19H22F3N3O2/c1-2-3-7-23-18-10-14(6-8-24-18)19(26)25-11-13-4-5-16(15(20)9-13)27-12-17(21)22/h4-6,8-10,17H,2-3,7,11-12H2,1H3,(H,23,24)(H,25,26). The molecule has 0 aliphatic rings. The lowest BCUT2D eigenvalue weighted by molar-refractivity contribution is 0.0798. The quantitative estimate of drug-likeness (QED) is 0.611. The molecule has 0 saturated heterocycles. The summed E-state index contributed by atoms with van der Waals surface area (Å²) in [5.41, 5.74) is 0.918. The first-order chi connectivity index (χ1) is 13.0. The summed E-state index contributed by atoms with van der Waals surface area (Å²) in [6.45, 7) is 2.07. The number of nitrogens with zero attached hydrogens (tertiary/aromatic N) is 1. The van der Waals surface area contributed by atoms with Crippen LogP contribution >= 0.6 is 0 Å². The maximum atomic E-state index is 13.8. The second-order valence-corrected chi connectivity index (χ2v) is 5.86. The number of carbonyl (C=O) groups excluding carboxylic acids is 1. The van der Waals surface area contributed by atoms with E-state index >= 15 is 0 Å². The number of alkyl halides is 2. The highest BCUT2D eigenvalue weighted by Gasteiger charge is 2.10. The van der Waals surface area contributed by atoms with Gasteiger partial charge in [0, 0.05) is 24.8 Å². The predicted molar refractivity (Wildman–Crippen MR) is 96.7 cm³/mol. The second-order valence-electron chi connectivity index (χ2n) is 5.86. The molecule has 0 saturated carbocycles. The van der Waals surface area contributed by atoms with E-state index < -0.39 is 18.8 Å². The van der Waals surface area contributed by atoms with Crippen LogP contribution in [-0.4, -0.2) is 30.5 Å². The third-order valence-corrected chi connectivity index (χ3v) is 3.67. The number of pyridine rings is 1. The van der Waals surface area contributed by atoms with E-state index in [1.54, 1.807) is 12.1 Å². The number of amides is 1. The van der Waals surface area contributed by atoms with Crippen molar-refractivity contribution in [2.45, 2.75) is 32.7 Å². The highest BCUT2D eigenvalue weighted by molar-refractivity contribution is 5.94. The molecule has 0 radical (unpaired) electrons. The van der Waals surface area contributed by atoms with Gasteiger partial charge in [0.2, 0.25) is 0 Å². The van der Waals surface area contributed by atoms with Gasteiger partial charge in [-0.1, -0.05) is 19.4 Å². The fraction of sp³-hybridized carbons (Fsp3) is 0.368. The zero-order valence-electron chi connectivity index (χ0n) is 15.0. The molecule has 1 aromatic heterocycles. The fourth-order valence-corrected chi connectivity index (χ4v) is 2.27. The molecule has 1 amide bonds. The van der Waals surface area contributed by atoms with Crippen LogP contribution in [-0.2, 0) is 6.54 Å². The van der Waals surface area contributed by atoms with Crippen molar-refractivity contribution in [1.82, 2.24) is 10.3 Å². The molecule has 0 unspecified atom stereocenters. The molecular weight excluding hydrogens is 359 g/mol. The number of carbonyl (C=O) groups is 1. The molecule has 0 bridgehead atoms. The topological polar surface area (TPSA) is 63.2 Å². The number of aromatic nitrogens is 1. The van der Waals surface area contributed by atoms with Crippen molar-refractivity contribution in [3.63, 3.8) is 0 Å². The lowest BCUT2D eigenvalue weighted by Crippen LogP contribution is -2.23. The number of ether oxygens (including phenoxy) is 1. The molecule has 0 spiro atoms. The predicted octanol–water partition coefficient (Wildman–Crippen LogP) is 4.01. The Labute approximate surface area is 155 Å². The molecule has 27 heavy (non-hydrogen) atoms. The molecule has 2 N–H and O–H groups in total. The lowest BCUT2D eigenvalue weighted by Gasteiger charge is -2.10. The van der Waals surface area contributed by atoms with Crippen LogP contribution in [0.25, 0.3) is 0 Å². The van der Waals surface area contributed by atoms with Crippen molar-refractivity contribution >= 4 is 11.7 Å². The average molecular weight is 381 g/mol. The summed E-state index contributed by atoms with van der Waals surface area (Å²) in [7, 11) is 0. The normalized spacial score (nSPS) is 10.7. The smallest absolute Gasteiger partial charge is 0.272 e. The van der Waals surface area contributed by atoms with E-state index in [1.807, 2.05) is 0 Å². The van der Waals surface area contributed by atoms with E-state index in [-0.39, 0.29) is 18.2 Å². The summed E-state index contributed by atoms with van der Waals surface area (Å²) in [5.74, 6) is -0.715. The first-order valence-corrected chi connectivity index (χ1v) is 8.67. The Morgan fingerprint density at radius 1 is 1.26 bits per heavy atom. The van der Waals surface area contributed by atoms with Crippen molar-refractivity contribution in [1.29, 1.82) is 0 Å². The zero-order chi connectivity index (χ0) is 19.6. The Kier molecular flexibility index (Phi) is 7.91. The lowest BCUT2D eigenvalue weighted by atomic mass is 10.2. The number of unbranched alkanes of at least 4 members (excludes halogenated alkanes) is 1. The number of halogens is 3. The van der Waals surface area contributed by atoms with Gasteiger partial charge < -0.3 is 15.4 Å². The van der Waals surface area contributed by atoms with Crippen molar-refractivity contribution in [3.05, 3.63) is 53.5 Å². The summed E-state index contributed by atoms with van der Waals surface area (Å²) < 4.78 is 42.8. The number of rotatable bonds is 10. The number of anilines is 1. The van der Waals surface area contributed by atoms with Gasteiger partial charge in [0.05, 0.1) is 0 Å². The first-order valence-electron chi connectivity index (χ1n) is 8.67. The van der Waals surface area contributed by atoms with Crippen LogP contribution in [0.1, 0.15) is 35.7 Å². The number of benzene rings is 1. The van der Waals surface area contributed by atoms with Crippen LogP contribution in [0, 0.1) is 5.82 Å². The summed E-state index contributed by atoms with van der Waals surface area (Å²) in [4.78, 5) is 16.4. The molecule has 5 nitrogen and oxygen atoms in total. The van der Waals surface area contributed by atoms with Crippen LogP contribution in [0.2, 0.25) is 0 Å². The molecule has 0 aliphatic heterocycles. The molecule has 2 aromatic rings. The van der Waals surface area contributed by atoms with E-state index in [9.17, 15) is 18.0 Å². The molecule has 2 rings (SSSR count). The molecule has 1 heterocycles. The minimum absolute atomic E-state index is 0.0891. The van der Waals surface area contributed by atoms with Gasteiger partial charge in [0.25, 0.3) is 12.3 Å². The Morgan fingerprint density at radius 2 is 2.07 bits per heavy atom. The van der Waals surface area contributed by atoms with Gasteiger partial charge in [0.1, 0.15) is 12.4 Å². The van der Waals surface area contributed by atoms with E-state index in [4.69, 9.17) is 0 Å². The first kappa shape index (κ1) is 20.5. The number of hydrogen-bond acceptors (Lipinski definition) is 4. The van der Waals surface area contributed by atoms with Crippen molar-refractivity contribution in [2.24, 2.45) is 0 Å². The largest absolute Gasteiger partial charge is 0.485 e. The molecular formula is C19H22F3N3O2. The van der Waals surface area contributed by atoms with E-state index in [2.05, 4.69) is 27.3 Å². The van der Waals surface area contributed by atoms with Gasteiger partial charge in [-0.3, -0.25) is 4.79 Å². The number of hydrogen-bond donors (Lipinski definition) is 2. The van der Waals surface area contributed by atoms with Crippen LogP contribution in [0.4, 0.5) is 19.0 Å². The zero-order valence-corrected chi connectivity index (χ0v) is 15.0. The highest BCUT2D eigenvalue weighted by Crippen LogP contribution is 2.19. The van der Waals surface area contributed by atoms with E-state index in [0.717, 1.165) is 25.5 Å². The maximum absolute atomic E-state index is 13.8. The minimum Gasteiger partial charge on any atom is -0.485 e. The van der Waals surface area contributed by atoms with E-state index in [0.29, 0.717) is 16.9 Å². The highest BCUT2D eigenvalue weighted by atomic mass is 19.3. The van der Waals surface area contributed by atoms with Crippen molar-refractivity contribution in [3.8, 4) is 5.75 Å². The van der Waals surface area contributed by atoms with Gasteiger partial charge in [-0.05, 0) is 36.2 Å². The molecule has 8 heteroatoms. The summed E-state index contributed by atoms with van der Waals surface area (Å²) in [6.07, 6.45) is 0.916. The molecule has 0 atom stereocenters. The Balaban J connectivity index is 1.91. The van der Waals surface area contributed by atoms with Crippen molar-refractivity contribution in [2.75, 3.05) is 18.5 Å². The molecule has 1 aromatic carbocycles. The summed E-state index contributed by atoms with van der Waals surface area (Å²) in [6, 6.07) is 7.15. The fourth-order valence-electron chi connectivity index (χ4n) is 2.27. The summed E-state index contributed by atoms with van der Waals surface area (Å²) in [5, 5.41) is 5.82. The molecule has 0 fully saturated rings. The minimum atomic E-state index is -2.68. The third kappa shape index (κ3) is 6.80. The van der Waals surface area contributed by atoms with Crippen LogP contribution in [0.3, 0.4) is 0 Å². The van der Waals surface area contributed by atoms with Gasteiger partial charge >= 0.3 is 0 Å². The van der Waals surface area contributed by atoms with Crippen molar-refractivity contribution < 1.29 is 22.7 Å². The third-order valence-electron chi connectivity index (χ3n) is 3.67. The summed E-state index contributed by atoms with van der Waals surface area (Å²) >= 11 is 0. The van der Waals surface area contributed by atoms with Crippen LogP contribution in [0.5, 0.6) is 5.75 Å². The monoisotopic (exact) mass is 381 g/mol. The van der Waals surface area contributed by atoms with Crippen LogP contribution in [0.15, 0.2) is 36.5 Å². The SMILES string of the molecule is CCCCNc1cc(C(=O)NCc2ccc(OCC(F)F)c(F)c2)ccn1. The van der Waals surface area contributed by atoms with Gasteiger partial charge in [-0.25, -0.2) is 18.2 Å². The second kappa shape index (κ2) is 10.4. The van der Waals surface area contributed by atoms with Gasteiger partial charge in [0.15, 0.2) is 11.6 Å². The van der Waals surface area contributed by atoms with Crippen LogP contribution < -0.4 is 15.4 Å². The number of nitrogens with one attached hydrogen (secondary N) is 2. The Hall–Kier alpha value is -2.77. The Morgan fingerprint density at radius 3 is 2.78 bits per heavy atom. The molecule has 146 valence electrons. The van der Waals surface area contributed by atoms with Gasteiger partial charge in [-0.2, -0.15) is 0 Å². The Bertz CT molecular complexity index is 757. The molecule has 0 aliphatic carbocycles.